The fraction of sp³-hybridized carbons (Fsp3) is 0.727. The maximum absolute atomic E-state index is 5.68. The van der Waals surface area contributed by atoms with Crippen LogP contribution in [0.3, 0.4) is 0 Å². The summed E-state index contributed by atoms with van der Waals surface area (Å²) in [6.07, 6.45) is 5.94. The van der Waals surface area contributed by atoms with Crippen molar-refractivity contribution in [3.8, 4) is 0 Å². The van der Waals surface area contributed by atoms with E-state index >= 15 is 0 Å². The number of halogens is 2. The summed E-state index contributed by atoms with van der Waals surface area (Å²) in [5, 5.41) is 4.14. The molecule has 1 saturated heterocycles. The monoisotopic (exact) mass is 310 g/mol. The van der Waals surface area contributed by atoms with E-state index in [9.17, 15) is 0 Å². The molecule has 1 aliphatic heterocycles. The van der Waals surface area contributed by atoms with Crippen molar-refractivity contribution in [1.82, 2.24) is 15.2 Å². The minimum atomic E-state index is 0. The number of nitrogens with zero attached hydrogens (tertiary/aromatic N) is 2. The van der Waals surface area contributed by atoms with E-state index in [0.717, 1.165) is 25.2 Å². The molecule has 2 aliphatic rings. The highest BCUT2D eigenvalue weighted by atomic mass is 35.5. The first-order valence-corrected chi connectivity index (χ1v) is 6.81. The van der Waals surface area contributed by atoms with Crippen LogP contribution in [0.1, 0.15) is 24.1 Å². The number of rotatable bonds is 4. The zero-order valence-corrected chi connectivity index (χ0v) is 12.6. The minimum Gasteiger partial charge on any atom is -0.375 e. The third kappa shape index (κ3) is 3.71. The van der Waals surface area contributed by atoms with Crippen LogP contribution in [0.15, 0.2) is 6.20 Å². The van der Waals surface area contributed by atoms with E-state index in [0.29, 0.717) is 5.13 Å². The van der Waals surface area contributed by atoms with E-state index in [1.165, 1.54) is 30.7 Å². The Morgan fingerprint density at radius 2 is 2.11 bits per heavy atom. The molecular formula is C11H20Cl2N4S. The molecule has 0 aromatic carbocycles. The van der Waals surface area contributed by atoms with Gasteiger partial charge in [-0.3, -0.25) is 4.90 Å². The zero-order chi connectivity index (χ0) is 11.0. The quantitative estimate of drug-likeness (QED) is 0.892. The Balaban J connectivity index is 0.000000810. The van der Waals surface area contributed by atoms with Crippen LogP contribution >= 0.6 is 36.2 Å². The first-order valence-electron chi connectivity index (χ1n) is 5.99. The summed E-state index contributed by atoms with van der Waals surface area (Å²) >= 11 is 1.62. The molecular weight excluding hydrogens is 291 g/mol. The molecule has 4 nitrogen and oxygen atoms in total. The van der Waals surface area contributed by atoms with Crippen LogP contribution in [0.25, 0.3) is 0 Å². The molecule has 1 aliphatic carbocycles. The molecule has 0 bridgehead atoms. The van der Waals surface area contributed by atoms with Crippen molar-refractivity contribution in [2.45, 2.75) is 37.9 Å². The predicted molar refractivity (Wildman–Crippen MR) is 80.9 cm³/mol. The van der Waals surface area contributed by atoms with Gasteiger partial charge in [-0.2, -0.15) is 0 Å². The Morgan fingerprint density at radius 3 is 2.61 bits per heavy atom. The minimum absolute atomic E-state index is 0. The lowest BCUT2D eigenvalue weighted by Crippen LogP contribution is -2.37. The molecule has 7 heteroatoms. The lowest BCUT2D eigenvalue weighted by Gasteiger charge is -2.27. The Bertz CT molecular complexity index is 364. The SMILES string of the molecule is Cl.Cl.Nc1ncc(CN(C2CC2)C2CCNC2)s1. The lowest BCUT2D eigenvalue weighted by atomic mass is 10.2. The van der Waals surface area contributed by atoms with Crippen molar-refractivity contribution in [2.24, 2.45) is 0 Å². The number of nitrogen functional groups attached to an aromatic ring is 1. The van der Waals surface area contributed by atoms with Gasteiger partial charge in [0.05, 0.1) is 0 Å². The van der Waals surface area contributed by atoms with Crippen molar-refractivity contribution in [3.05, 3.63) is 11.1 Å². The topological polar surface area (TPSA) is 54.2 Å². The van der Waals surface area contributed by atoms with E-state index in [2.05, 4.69) is 15.2 Å². The maximum atomic E-state index is 5.68. The number of aromatic nitrogens is 1. The molecule has 18 heavy (non-hydrogen) atoms. The molecule has 2 heterocycles. The highest BCUT2D eigenvalue weighted by molar-refractivity contribution is 7.15. The van der Waals surface area contributed by atoms with Crippen molar-refractivity contribution in [1.29, 1.82) is 0 Å². The zero-order valence-electron chi connectivity index (χ0n) is 10.2. The highest BCUT2D eigenvalue weighted by Crippen LogP contribution is 2.32. The summed E-state index contributed by atoms with van der Waals surface area (Å²) in [4.78, 5) is 8.08. The fourth-order valence-electron chi connectivity index (χ4n) is 2.46. The van der Waals surface area contributed by atoms with Gasteiger partial charge in [0.25, 0.3) is 0 Å². The number of anilines is 1. The summed E-state index contributed by atoms with van der Waals surface area (Å²) in [6.45, 7) is 3.34. The van der Waals surface area contributed by atoms with E-state index < -0.39 is 0 Å². The van der Waals surface area contributed by atoms with Crippen molar-refractivity contribution < 1.29 is 0 Å². The Morgan fingerprint density at radius 1 is 1.33 bits per heavy atom. The second-order valence-electron chi connectivity index (χ2n) is 4.71. The molecule has 1 aromatic heterocycles. The van der Waals surface area contributed by atoms with Crippen LogP contribution in [0, 0.1) is 0 Å². The summed E-state index contributed by atoms with van der Waals surface area (Å²) in [6, 6.07) is 1.53. The second kappa shape index (κ2) is 6.91. The number of nitrogens with two attached hydrogens (primary N) is 1. The van der Waals surface area contributed by atoms with E-state index in [4.69, 9.17) is 5.73 Å². The fourth-order valence-corrected chi connectivity index (χ4v) is 3.15. The van der Waals surface area contributed by atoms with Crippen molar-refractivity contribution >= 4 is 41.3 Å². The Labute approximate surface area is 124 Å². The van der Waals surface area contributed by atoms with Gasteiger partial charge in [-0.05, 0) is 25.8 Å². The smallest absolute Gasteiger partial charge is 0.180 e. The molecule has 2 fully saturated rings. The van der Waals surface area contributed by atoms with E-state index in [-0.39, 0.29) is 24.8 Å². The molecule has 1 aromatic rings. The van der Waals surface area contributed by atoms with Crippen LogP contribution in [-0.4, -0.2) is 35.1 Å². The van der Waals surface area contributed by atoms with Gasteiger partial charge in [-0.15, -0.1) is 36.2 Å². The van der Waals surface area contributed by atoms with Gasteiger partial charge in [0.15, 0.2) is 5.13 Å². The average Bonchev–Trinajstić information content (AvgIpc) is 2.80. The van der Waals surface area contributed by atoms with Gasteiger partial charge in [0.1, 0.15) is 0 Å². The third-order valence-electron chi connectivity index (χ3n) is 3.43. The Hall–Kier alpha value is -0.0700. The largest absolute Gasteiger partial charge is 0.375 e. The van der Waals surface area contributed by atoms with Gasteiger partial charge in [0, 0.05) is 36.2 Å². The normalized spacial score (nSPS) is 22.6. The molecule has 0 amide bonds. The van der Waals surface area contributed by atoms with Crippen LogP contribution < -0.4 is 11.1 Å². The van der Waals surface area contributed by atoms with Gasteiger partial charge in [-0.25, -0.2) is 4.98 Å². The molecule has 3 rings (SSSR count). The molecule has 1 saturated carbocycles. The second-order valence-corrected chi connectivity index (χ2v) is 5.86. The molecule has 0 spiro atoms. The van der Waals surface area contributed by atoms with Gasteiger partial charge in [-0.1, -0.05) is 0 Å². The van der Waals surface area contributed by atoms with Gasteiger partial charge >= 0.3 is 0 Å². The molecule has 3 N–H and O–H groups in total. The first kappa shape index (κ1) is 16.0. The van der Waals surface area contributed by atoms with Crippen LogP contribution in [-0.2, 0) is 6.54 Å². The third-order valence-corrected chi connectivity index (χ3v) is 4.24. The summed E-state index contributed by atoms with van der Waals surface area (Å²) < 4.78 is 0. The van der Waals surface area contributed by atoms with E-state index in [1.54, 1.807) is 11.3 Å². The highest BCUT2D eigenvalue weighted by Gasteiger charge is 2.35. The van der Waals surface area contributed by atoms with Crippen molar-refractivity contribution in [2.75, 3.05) is 18.8 Å². The molecule has 0 radical (unpaired) electrons. The first-order chi connectivity index (χ1) is 7.83. The maximum Gasteiger partial charge on any atom is 0.180 e. The van der Waals surface area contributed by atoms with Gasteiger partial charge in [0.2, 0.25) is 0 Å². The average molecular weight is 311 g/mol. The summed E-state index contributed by atoms with van der Waals surface area (Å²) in [5.41, 5.74) is 5.68. The van der Waals surface area contributed by atoms with Gasteiger partial charge < -0.3 is 11.1 Å². The number of nitrogens with one attached hydrogen (secondary N) is 1. The molecule has 1 unspecified atom stereocenters. The molecule has 104 valence electrons. The summed E-state index contributed by atoms with van der Waals surface area (Å²) in [5.74, 6) is 0. The van der Waals surface area contributed by atoms with Crippen LogP contribution in [0.4, 0.5) is 5.13 Å². The van der Waals surface area contributed by atoms with Crippen LogP contribution in [0.5, 0.6) is 0 Å². The van der Waals surface area contributed by atoms with Crippen molar-refractivity contribution in [3.63, 3.8) is 0 Å². The molecule has 1 atom stereocenters. The summed E-state index contributed by atoms with van der Waals surface area (Å²) in [7, 11) is 0. The standard InChI is InChI=1S/C11H18N4S.2ClH/c12-11-14-6-10(16-11)7-15(8-1-2-8)9-3-4-13-5-9;;/h6,8-9,13H,1-5,7H2,(H2,12,14);2*1H. The lowest BCUT2D eigenvalue weighted by molar-refractivity contribution is 0.190. The number of thiazole rings is 1. The Kier molecular flexibility index (Phi) is 6.14. The number of hydrogen-bond acceptors (Lipinski definition) is 5. The predicted octanol–water partition coefficient (Wildman–Crippen LogP) is 1.90. The van der Waals surface area contributed by atoms with E-state index in [1.807, 2.05) is 6.20 Å². The number of hydrogen-bond donors (Lipinski definition) is 2. The van der Waals surface area contributed by atoms with Crippen LogP contribution in [0.2, 0.25) is 0 Å².